The van der Waals surface area contributed by atoms with Crippen LogP contribution >= 0.6 is 0 Å². The smallest absolute Gasteiger partial charge is 0.126 e. The molecule has 0 bridgehead atoms. The summed E-state index contributed by atoms with van der Waals surface area (Å²) in [5.74, 6) is 1.59. The molecular weight excluding hydrogens is 240 g/mol. The number of ether oxygens (including phenoxy) is 2. The number of aryl methyl sites for hydroxylation is 2. The number of rotatable bonds is 4. The largest absolute Gasteiger partial charge is 0.489 e. The van der Waals surface area contributed by atoms with Gasteiger partial charge in [-0.05, 0) is 31.7 Å². The van der Waals surface area contributed by atoms with E-state index in [1.807, 2.05) is 0 Å². The van der Waals surface area contributed by atoms with Crippen LogP contribution in [0.2, 0.25) is 0 Å². The normalized spacial score (nSPS) is 33.6. The first kappa shape index (κ1) is 11.7. The van der Waals surface area contributed by atoms with E-state index in [9.17, 15) is 0 Å². The summed E-state index contributed by atoms with van der Waals surface area (Å²) in [5, 5.41) is 8.92. The lowest BCUT2D eigenvalue weighted by atomic mass is 9.92. The molecule has 0 aromatic heterocycles. The Morgan fingerprint density at radius 1 is 1.26 bits per heavy atom. The van der Waals surface area contributed by atoms with E-state index in [0.717, 1.165) is 31.4 Å². The van der Waals surface area contributed by atoms with Crippen molar-refractivity contribution >= 4 is 0 Å². The maximum atomic E-state index is 8.92. The molecule has 1 saturated heterocycles. The summed E-state index contributed by atoms with van der Waals surface area (Å²) in [7, 11) is 0. The average molecular weight is 260 g/mol. The third-order valence-corrected chi connectivity index (χ3v) is 4.66. The van der Waals surface area contributed by atoms with Gasteiger partial charge in [0.15, 0.2) is 0 Å². The maximum absolute atomic E-state index is 8.92. The monoisotopic (exact) mass is 260 g/mol. The second kappa shape index (κ2) is 4.22. The van der Waals surface area contributed by atoms with Crippen LogP contribution in [0.5, 0.6) is 5.75 Å². The average Bonchev–Trinajstić information content (AvgIpc) is 2.90. The first-order chi connectivity index (χ1) is 9.28. The van der Waals surface area contributed by atoms with Gasteiger partial charge in [-0.3, -0.25) is 0 Å². The zero-order valence-electron chi connectivity index (χ0n) is 11.3. The molecule has 19 heavy (non-hydrogen) atoms. The molecule has 3 nitrogen and oxygen atoms in total. The molecular formula is C16H20O3. The first-order valence-corrected chi connectivity index (χ1v) is 7.34. The summed E-state index contributed by atoms with van der Waals surface area (Å²) in [4.78, 5) is 0. The molecule has 3 heteroatoms. The van der Waals surface area contributed by atoms with E-state index in [0.29, 0.717) is 24.2 Å². The van der Waals surface area contributed by atoms with Gasteiger partial charge in [-0.2, -0.15) is 0 Å². The Labute approximate surface area is 113 Å². The molecule has 0 radical (unpaired) electrons. The lowest BCUT2D eigenvalue weighted by Gasteiger charge is -2.12. The summed E-state index contributed by atoms with van der Waals surface area (Å²) in [5.41, 5.74) is 4.00. The van der Waals surface area contributed by atoms with Crippen LogP contribution in [0.3, 0.4) is 0 Å². The van der Waals surface area contributed by atoms with Gasteiger partial charge >= 0.3 is 0 Å². The van der Waals surface area contributed by atoms with Gasteiger partial charge in [-0.1, -0.05) is 17.7 Å². The van der Waals surface area contributed by atoms with E-state index in [4.69, 9.17) is 14.6 Å². The predicted molar refractivity (Wildman–Crippen MR) is 71.6 cm³/mol. The molecule has 2 heterocycles. The highest BCUT2D eigenvalue weighted by Gasteiger charge is 2.60. The lowest BCUT2D eigenvalue weighted by Crippen LogP contribution is -2.17. The van der Waals surface area contributed by atoms with E-state index < -0.39 is 0 Å². The predicted octanol–water partition coefficient (Wildman–Crippen LogP) is 2.33. The highest BCUT2D eigenvalue weighted by molar-refractivity contribution is 5.52. The fraction of sp³-hybridized carbons (Fsp3) is 0.625. The van der Waals surface area contributed by atoms with Crippen LogP contribution in [0.4, 0.5) is 0 Å². The summed E-state index contributed by atoms with van der Waals surface area (Å²) in [6.45, 7) is 2.43. The standard InChI is InChI=1S/C16H20O3/c1-9-6-10(4-2-3-5-17)15-11(7-9)14-12(18-15)8-13-16(14)19-13/h6-7,12-14,16-17H,2-5,8H2,1H3/t12?,13-,14?,16-/m1/s1. The van der Waals surface area contributed by atoms with Crippen molar-refractivity contribution in [1.29, 1.82) is 0 Å². The molecule has 4 rings (SSSR count). The van der Waals surface area contributed by atoms with Crippen LogP contribution in [0, 0.1) is 6.92 Å². The van der Waals surface area contributed by atoms with Crippen LogP contribution in [-0.4, -0.2) is 30.0 Å². The van der Waals surface area contributed by atoms with Gasteiger partial charge in [0.2, 0.25) is 0 Å². The number of epoxide rings is 1. The SMILES string of the molecule is Cc1cc(CCCCO)c2c(c1)C1C(C[C@H]3O[C@@H]13)O2. The zero-order chi connectivity index (χ0) is 13.0. The van der Waals surface area contributed by atoms with Gasteiger partial charge in [0.25, 0.3) is 0 Å². The highest BCUT2D eigenvalue weighted by Crippen LogP contribution is 2.56. The van der Waals surface area contributed by atoms with Crippen LogP contribution in [0.1, 0.15) is 41.9 Å². The second-order valence-electron chi connectivity index (χ2n) is 6.08. The van der Waals surface area contributed by atoms with Crippen molar-refractivity contribution in [2.45, 2.75) is 56.8 Å². The van der Waals surface area contributed by atoms with Crippen LogP contribution in [0.25, 0.3) is 0 Å². The third kappa shape index (κ3) is 1.79. The number of hydrogen-bond acceptors (Lipinski definition) is 3. The molecule has 1 aliphatic carbocycles. The molecule has 2 aliphatic heterocycles. The molecule has 2 unspecified atom stereocenters. The van der Waals surface area contributed by atoms with Gasteiger partial charge in [-0.25, -0.2) is 0 Å². The van der Waals surface area contributed by atoms with Gasteiger partial charge in [0.05, 0.1) is 18.1 Å². The minimum Gasteiger partial charge on any atom is -0.489 e. The minimum atomic E-state index is 0.276. The number of hydrogen-bond donors (Lipinski definition) is 1. The maximum Gasteiger partial charge on any atom is 0.126 e. The zero-order valence-corrected chi connectivity index (χ0v) is 11.3. The van der Waals surface area contributed by atoms with Gasteiger partial charge in [0.1, 0.15) is 11.9 Å². The van der Waals surface area contributed by atoms with Crippen molar-refractivity contribution in [2.75, 3.05) is 6.61 Å². The summed E-state index contributed by atoms with van der Waals surface area (Å²) < 4.78 is 11.9. The van der Waals surface area contributed by atoms with E-state index in [-0.39, 0.29) is 6.61 Å². The number of fused-ring (bicyclic) bond motifs is 5. The first-order valence-electron chi connectivity index (χ1n) is 7.34. The molecule has 102 valence electrons. The lowest BCUT2D eigenvalue weighted by molar-refractivity contribution is 0.156. The molecule has 1 aromatic carbocycles. The molecule has 0 spiro atoms. The molecule has 2 fully saturated rings. The van der Waals surface area contributed by atoms with Crippen molar-refractivity contribution < 1.29 is 14.6 Å². The molecule has 4 atom stereocenters. The summed E-state index contributed by atoms with van der Waals surface area (Å²) in [6, 6.07) is 4.52. The van der Waals surface area contributed by atoms with Crippen molar-refractivity contribution in [3.8, 4) is 5.75 Å². The molecule has 3 aliphatic rings. The number of benzene rings is 1. The van der Waals surface area contributed by atoms with Crippen molar-refractivity contribution in [1.82, 2.24) is 0 Å². The fourth-order valence-electron chi connectivity index (χ4n) is 3.78. The van der Waals surface area contributed by atoms with E-state index in [1.165, 1.54) is 16.7 Å². The Balaban J connectivity index is 1.65. The number of unbranched alkanes of at least 4 members (excludes halogenated alkanes) is 1. The van der Waals surface area contributed by atoms with Crippen molar-refractivity contribution in [3.05, 3.63) is 28.8 Å². The fourth-order valence-corrected chi connectivity index (χ4v) is 3.78. The van der Waals surface area contributed by atoms with E-state index in [2.05, 4.69) is 19.1 Å². The number of aliphatic hydroxyl groups is 1. The molecule has 1 N–H and O–H groups in total. The minimum absolute atomic E-state index is 0.276. The summed E-state index contributed by atoms with van der Waals surface area (Å²) in [6.07, 6.45) is 5.16. The Morgan fingerprint density at radius 2 is 2.16 bits per heavy atom. The third-order valence-electron chi connectivity index (χ3n) is 4.66. The molecule has 1 aromatic rings. The molecule has 0 amide bonds. The Morgan fingerprint density at radius 3 is 3.00 bits per heavy atom. The van der Waals surface area contributed by atoms with Gasteiger partial charge in [-0.15, -0.1) is 0 Å². The quantitative estimate of drug-likeness (QED) is 0.667. The van der Waals surface area contributed by atoms with Crippen molar-refractivity contribution in [3.63, 3.8) is 0 Å². The van der Waals surface area contributed by atoms with Crippen LogP contribution in [-0.2, 0) is 11.2 Å². The van der Waals surface area contributed by atoms with Gasteiger partial charge < -0.3 is 14.6 Å². The van der Waals surface area contributed by atoms with Crippen LogP contribution in [0.15, 0.2) is 12.1 Å². The van der Waals surface area contributed by atoms with E-state index >= 15 is 0 Å². The topological polar surface area (TPSA) is 42.0 Å². The van der Waals surface area contributed by atoms with Gasteiger partial charge in [0, 0.05) is 18.6 Å². The van der Waals surface area contributed by atoms with E-state index in [1.54, 1.807) is 0 Å². The number of aliphatic hydroxyl groups excluding tert-OH is 1. The Bertz CT molecular complexity index is 511. The Kier molecular flexibility index (Phi) is 2.61. The Hall–Kier alpha value is -1.06. The summed E-state index contributed by atoms with van der Waals surface area (Å²) >= 11 is 0. The van der Waals surface area contributed by atoms with Crippen molar-refractivity contribution in [2.24, 2.45) is 0 Å². The highest BCUT2D eigenvalue weighted by atomic mass is 16.6. The van der Waals surface area contributed by atoms with Crippen LogP contribution < -0.4 is 4.74 Å². The second-order valence-corrected chi connectivity index (χ2v) is 6.08. The molecule has 1 saturated carbocycles.